The number of imidazole rings is 1. The number of methoxy groups -OCH3 is 1. The normalized spacial score (nSPS) is 15.7. The fourth-order valence-electron chi connectivity index (χ4n) is 5.26. The molecule has 11 heteroatoms. The van der Waals surface area contributed by atoms with Crippen molar-refractivity contribution in [3.63, 3.8) is 0 Å². The largest absolute Gasteiger partial charge is 0.494 e. The lowest BCUT2D eigenvalue weighted by Gasteiger charge is -2.35. The highest BCUT2D eigenvalue weighted by Gasteiger charge is 2.22. The number of benzene rings is 2. The molecule has 2 aromatic heterocycles. The van der Waals surface area contributed by atoms with Gasteiger partial charge in [0.25, 0.3) is 5.91 Å². The molecule has 0 saturated carbocycles. The molecule has 10 nitrogen and oxygen atoms in total. The van der Waals surface area contributed by atoms with Crippen LogP contribution in [0.15, 0.2) is 55.0 Å². The van der Waals surface area contributed by atoms with Crippen LogP contribution in [0.25, 0.3) is 16.9 Å². The number of fused-ring (bicyclic) bond motifs is 1. The van der Waals surface area contributed by atoms with Gasteiger partial charge >= 0.3 is 0 Å². The molecule has 4 aromatic rings. The van der Waals surface area contributed by atoms with E-state index in [0.717, 1.165) is 43.1 Å². The number of rotatable bonds is 10. The molecule has 2 aromatic carbocycles. The summed E-state index contributed by atoms with van der Waals surface area (Å²) in [5.41, 5.74) is 4.29. The number of likely N-dealkylation sites (N-methyl/N-ethyl adjacent to an activating group) is 2. The van der Waals surface area contributed by atoms with Crippen molar-refractivity contribution < 1.29 is 18.7 Å². The number of amides is 1. The van der Waals surface area contributed by atoms with Gasteiger partial charge in [-0.2, -0.15) is 0 Å². The second-order valence-corrected chi connectivity index (χ2v) is 10.9. The minimum atomic E-state index is -0.442. The molecule has 222 valence electrons. The summed E-state index contributed by atoms with van der Waals surface area (Å²) < 4.78 is 27.1. The Morgan fingerprint density at radius 2 is 2.02 bits per heavy atom. The Kier molecular flexibility index (Phi) is 9.00. The molecule has 0 spiro atoms. The zero-order chi connectivity index (χ0) is 29.8. The van der Waals surface area contributed by atoms with Gasteiger partial charge in [-0.05, 0) is 63.0 Å². The molecule has 42 heavy (non-hydrogen) atoms. The molecule has 3 heterocycles. The molecule has 0 bridgehead atoms. The summed E-state index contributed by atoms with van der Waals surface area (Å²) in [6, 6.07) is 10.5. The third kappa shape index (κ3) is 6.53. The van der Waals surface area contributed by atoms with Gasteiger partial charge in [-0.3, -0.25) is 14.1 Å². The molecule has 1 amide bonds. The molecule has 1 atom stereocenters. The van der Waals surface area contributed by atoms with Crippen molar-refractivity contribution in [2.45, 2.75) is 13.0 Å². The van der Waals surface area contributed by atoms with Crippen LogP contribution in [-0.4, -0.2) is 109 Å². The number of aryl methyl sites for hydroxylation is 1. The monoisotopic (exact) mass is 575 g/mol. The van der Waals surface area contributed by atoms with Crippen molar-refractivity contribution >= 4 is 23.1 Å². The number of halogens is 1. The maximum absolute atomic E-state index is 14.4. The summed E-state index contributed by atoms with van der Waals surface area (Å²) >= 11 is 0. The molecule has 1 aliphatic heterocycles. The Morgan fingerprint density at radius 1 is 1.19 bits per heavy atom. The van der Waals surface area contributed by atoms with E-state index in [9.17, 15) is 9.18 Å². The van der Waals surface area contributed by atoms with Crippen molar-refractivity contribution in [1.29, 1.82) is 0 Å². The number of carbonyl (C=O) groups is 1. The lowest BCUT2D eigenvalue weighted by Crippen LogP contribution is -2.48. The smallest absolute Gasteiger partial charge is 0.253 e. The number of hydrogen-bond donors (Lipinski definition) is 1. The molecular formula is C31H38FN7O3. The first-order valence-corrected chi connectivity index (χ1v) is 14.0. The number of carbonyl (C=O) groups excluding carboxylic acids is 1. The zero-order valence-electron chi connectivity index (χ0n) is 24.8. The van der Waals surface area contributed by atoms with Crippen molar-refractivity contribution in [2.75, 3.05) is 72.9 Å². The molecule has 1 N–H and O–H groups in total. The third-order valence-electron chi connectivity index (χ3n) is 7.49. The SMILES string of the molecule is COc1ccc(-c2cnc3c(Nc4ccc(C(=O)N(C)CCN5CCOC(CN(C)C)C5)c(C)c4)nccn23)cc1F. The molecule has 0 aliphatic carbocycles. The Labute approximate surface area is 245 Å². The number of ether oxygens (including phenoxy) is 2. The van der Waals surface area contributed by atoms with E-state index in [2.05, 4.69) is 39.2 Å². The summed E-state index contributed by atoms with van der Waals surface area (Å²) in [5.74, 6) is 0.280. The van der Waals surface area contributed by atoms with E-state index in [4.69, 9.17) is 9.47 Å². The third-order valence-corrected chi connectivity index (χ3v) is 7.49. The first-order chi connectivity index (χ1) is 20.2. The van der Waals surface area contributed by atoms with E-state index < -0.39 is 5.82 Å². The van der Waals surface area contributed by atoms with E-state index in [1.807, 2.05) is 36.6 Å². The van der Waals surface area contributed by atoms with Gasteiger partial charge in [0.15, 0.2) is 23.0 Å². The molecule has 1 aliphatic rings. The Bertz CT molecular complexity index is 1560. The topological polar surface area (TPSA) is 87.5 Å². The maximum atomic E-state index is 14.4. The van der Waals surface area contributed by atoms with Gasteiger partial charge in [0.05, 0.1) is 31.7 Å². The Hall–Kier alpha value is -4.06. The van der Waals surface area contributed by atoms with E-state index in [1.54, 1.807) is 35.6 Å². The van der Waals surface area contributed by atoms with Crippen LogP contribution < -0.4 is 10.1 Å². The highest BCUT2D eigenvalue weighted by Crippen LogP contribution is 2.29. The van der Waals surface area contributed by atoms with Gasteiger partial charge in [-0.1, -0.05) is 0 Å². The minimum Gasteiger partial charge on any atom is -0.494 e. The van der Waals surface area contributed by atoms with E-state index in [1.165, 1.54) is 13.2 Å². The van der Waals surface area contributed by atoms with Gasteiger partial charge in [0.2, 0.25) is 0 Å². The van der Waals surface area contributed by atoms with Crippen molar-refractivity contribution in [2.24, 2.45) is 0 Å². The van der Waals surface area contributed by atoms with E-state index >= 15 is 0 Å². The quantitative estimate of drug-likeness (QED) is 0.305. The highest BCUT2D eigenvalue weighted by molar-refractivity contribution is 5.96. The molecule has 1 saturated heterocycles. The minimum absolute atomic E-state index is 0.0120. The first-order valence-electron chi connectivity index (χ1n) is 14.0. The predicted octanol–water partition coefficient (Wildman–Crippen LogP) is 3.93. The Morgan fingerprint density at radius 3 is 2.76 bits per heavy atom. The summed E-state index contributed by atoms with van der Waals surface area (Å²) in [7, 11) is 7.39. The van der Waals surface area contributed by atoms with Crippen LogP contribution in [0.2, 0.25) is 0 Å². The fraction of sp³-hybridized carbons (Fsp3) is 0.387. The summed E-state index contributed by atoms with van der Waals surface area (Å²) in [5, 5.41) is 3.33. The van der Waals surface area contributed by atoms with Crippen molar-refractivity contribution in [3.8, 4) is 17.0 Å². The van der Waals surface area contributed by atoms with Gasteiger partial charge in [0.1, 0.15) is 0 Å². The van der Waals surface area contributed by atoms with Crippen LogP contribution in [0, 0.1) is 12.7 Å². The lowest BCUT2D eigenvalue weighted by atomic mass is 10.1. The summed E-state index contributed by atoms with van der Waals surface area (Å²) in [4.78, 5) is 28.6. The predicted molar refractivity (Wildman–Crippen MR) is 161 cm³/mol. The fourth-order valence-corrected chi connectivity index (χ4v) is 5.26. The van der Waals surface area contributed by atoms with Crippen LogP contribution in [0.5, 0.6) is 5.75 Å². The van der Waals surface area contributed by atoms with Gasteiger partial charge in [-0.15, -0.1) is 0 Å². The second-order valence-electron chi connectivity index (χ2n) is 10.9. The number of aromatic nitrogens is 3. The summed E-state index contributed by atoms with van der Waals surface area (Å²) in [6.45, 7) is 6.72. The number of nitrogens with zero attached hydrogens (tertiary/aromatic N) is 6. The van der Waals surface area contributed by atoms with Crippen LogP contribution in [0.1, 0.15) is 15.9 Å². The van der Waals surface area contributed by atoms with E-state index in [-0.39, 0.29) is 17.8 Å². The molecule has 1 fully saturated rings. The van der Waals surface area contributed by atoms with Crippen molar-refractivity contribution in [1.82, 2.24) is 29.1 Å². The standard InChI is InChI=1S/C31H38FN7O3/c1-21-16-23(7-8-25(21)31(40)37(4)12-13-38-14-15-42-24(20-38)19-36(2)3)35-29-30-34-18-27(39(30)11-10-33-29)22-6-9-28(41-5)26(32)17-22/h6-11,16-18,24H,12-15,19-20H2,1-5H3,(H,33,35). The average molecular weight is 576 g/mol. The number of hydrogen-bond acceptors (Lipinski definition) is 8. The van der Waals surface area contributed by atoms with Gasteiger partial charge in [0, 0.05) is 69.0 Å². The van der Waals surface area contributed by atoms with Crippen molar-refractivity contribution in [3.05, 3.63) is 71.9 Å². The molecular weight excluding hydrogens is 537 g/mol. The summed E-state index contributed by atoms with van der Waals surface area (Å²) in [6.07, 6.45) is 5.33. The lowest BCUT2D eigenvalue weighted by molar-refractivity contribution is -0.0389. The molecule has 1 unspecified atom stereocenters. The Balaban J connectivity index is 1.25. The number of morpholine rings is 1. The highest BCUT2D eigenvalue weighted by atomic mass is 19.1. The van der Waals surface area contributed by atoms with E-state index in [0.29, 0.717) is 35.7 Å². The number of anilines is 2. The first kappa shape index (κ1) is 29.4. The van der Waals surface area contributed by atoms with Gasteiger partial charge < -0.3 is 24.6 Å². The average Bonchev–Trinajstić information content (AvgIpc) is 3.41. The second kappa shape index (κ2) is 12.8. The molecule has 0 radical (unpaired) electrons. The van der Waals surface area contributed by atoms with Crippen LogP contribution in [-0.2, 0) is 4.74 Å². The molecule has 5 rings (SSSR count). The number of nitrogens with one attached hydrogen (secondary N) is 1. The van der Waals surface area contributed by atoms with Crippen LogP contribution in [0.4, 0.5) is 15.9 Å². The van der Waals surface area contributed by atoms with Crippen LogP contribution >= 0.6 is 0 Å². The van der Waals surface area contributed by atoms with Crippen LogP contribution in [0.3, 0.4) is 0 Å². The zero-order valence-corrected chi connectivity index (χ0v) is 24.8. The van der Waals surface area contributed by atoms with Gasteiger partial charge in [-0.25, -0.2) is 14.4 Å². The maximum Gasteiger partial charge on any atom is 0.253 e.